The number of aromatic nitrogens is 7. The smallest absolute Gasteiger partial charge is 0.238 e. The summed E-state index contributed by atoms with van der Waals surface area (Å²) in [7, 11) is 0. The van der Waals surface area contributed by atoms with Crippen molar-refractivity contribution in [1.82, 2.24) is 44.5 Å². The first-order valence-corrected chi connectivity index (χ1v) is 17.0. The number of aryl methyl sites for hydroxylation is 1. The normalized spacial score (nSPS) is 17.8. The van der Waals surface area contributed by atoms with Crippen LogP contribution in [0.3, 0.4) is 0 Å². The van der Waals surface area contributed by atoms with Gasteiger partial charge < -0.3 is 20.7 Å². The minimum atomic E-state index is 0.292. The average Bonchev–Trinajstić information content (AvgIpc) is 3.58. The van der Waals surface area contributed by atoms with E-state index in [2.05, 4.69) is 48.0 Å². The molecule has 0 radical (unpaired) electrons. The van der Waals surface area contributed by atoms with Gasteiger partial charge in [0.15, 0.2) is 17.3 Å². The van der Waals surface area contributed by atoms with Crippen LogP contribution in [0.15, 0.2) is 85.5 Å². The minimum absolute atomic E-state index is 0.292. The number of likely N-dealkylation sites (tertiary alicyclic amines) is 1. The highest BCUT2D eigenvalue weighted by molar-refractivity contribution is 5.83. The van der Waals surface area contributed by atoms with Crippen molar-refractivity contribution in [2.75, 3.05) is 18.8 Å². The molecule has 3 N–H and O–H groups in total. The fourth-order valence-electron chi connectivity index (χ4n) is 7.18. The molecular weight excluding hydrogens is 616 g/mol. The molecule has 9 rings (SSSR count). The molecule has 1 amide bonds. The average molecular weight is 653 g/mol. The third-order valence-electron chi connectivity index (χ3n) is 9.87. The molecule has 1 saturated heterocycles. The van der Waals surface area contributed by atoms with Crippen molar-refractivity contribution in [3.8, 4) is 34.5 Å². The molecule has 2 aliphatic carbocycles. The molecule has 3 aliphatic rings. The second-order valence-electron chi connectivity index (χ2n) is 13.1. The number of nitrogen functional groups attached to an aromatic ring is 1. The highest BCUT2D eigenvalue weighted by Crippen LogP contribution is 2.37. The fraction of sp³-hybridized carbons (Fsp3) is 0.297. The number of fused-ring (bicyclic) bond motifs is 2. The Morgan fingerprint density at radius 2 is 1.78 bits per heavy atom. The van der Waals surface area contributed by atoms with Crippen LogP contribution in [0.5, 0.6) is 11.6 Å². The van der Waals surface area contributed by atoms with Crippen molar-refractivity contribution in [2.45, 2.75) is 50.6 Å². The van der Waals surface area contributed by atoms with Crippen LogP contribution >= 0.6 is 0 Å². The predicted octanol–water partition coefficient (Wildman–Crippen LogP) is 5.42. The summed E-state index contributed by atoms with van der Waals surface area (Å²) >= 11 is 0. The Balaban J connectivity index is 1.02. The Kier molecular flexibility index (Phi) is 7.30. The maximum atomic E-state index is 12.5. The Morgan fingerprint density at radius 3 is 2.59 bits per heavy atom. The van der Waals surface area contributed by atoms with Crippen LogP contribution in [0.25, 0.3) is 34.1 Å². The lowest BCUT2D eigenvalue weighted by Gasteiger charge is -2.34. The van der Waals surface area contributed by atoms with E-state index in [-0.39, 0.29) is 0 Å². The van der Waals surface area contributed by atoms with E-state index >= 15 is 0 Å². The van der Waals surface area contributed by atoms with E-state index < -0.39 is 0 Å². The van der Waals surface area contributed by atoms with Gasteiger partial charge in [-0.3, -0.25) is 14.3 Å². The van der Waals surface area contributed by atoms with E-state index in [1.807, 2.05) is 30.5 Å². The molecular formula is C37H36N10O2. The molecule has 12 nitrogen and oxygen atoms in total. The van der Waals surface area contributed by atoms with Crippen LogP contribution in [0.4, 0.5) is 5.82 Å². The first kappa shape index (κ1) is 29.5. The lowest BCUT2D eigenvalue weighted by molar-refractivity contribution is -0.133. The molecule has 5 aromatic heterocycles. The van der Waals surface area contributed by atoms with Crippen LogP contribution in [0, 0.1) is 5.92 Å². The molecule has 0 unspecified atom stereocenters. The topological polar surface area (TPSA) is 142 Å². The summed E-state index contributed by atoms with van der Waals surface area (Å²) in [6.07, 6.45) is 13.0. The summed E-state index contributed by atoms with van der Waals surface area (Å²) in [6, 6.07) is 20.4. The van der Waals surface area contributed by atoms with E-state index in [1.54, 1.807) is 41.5 Å². The van der Waals surface area contributed by atoms with Crippen molar-refractivity contribution in [3.05, 3.63) is 96.6 Å². The van der Waals surface area contributed by atoms with Crippen LogP contribution in [0.2, 0.25) is 0 Å². The van der Waals surface area contributed by atoms with Gasteiger partial charge in [0.05, 0.1) is 5.56 Å². The Hall–Kier alpha value is -5.62. The van der Waals surface area contributed by atoms with Gasteiger partial charge in [0.25, 0.3) is 0 Å². The Labute approximate surface area is 283 Å². The second-order valence-corrected chi connectivity index (χ2v) is 13.1. The predicted molar refractivity (Wildman–Crippen MR) is 184 cm³/mol. The van der Waals surface area contributed by atoms with Crippen LogP contribution in [0.1, 0.15) is 49.3 Å². The lowest BCUT2D eigenvalue weighted by atomic mass is 10.0. The highest BCUT2D eigenvalue weighted by atomic mass is 16.5. The van der Waals surface area contributed by atoms with Gasteiger partial charge in [-0.15, -0.1) is 5.10 Å². The number of carbonyl (C=O) groups excluding carboxylic acids is 1. The number of ether oxygens (including phenoxy) is 1. The van der Waals surface area contributed by atoms with E-state index in [0.29, 0.717) is 58.6 Å². The molecule has 1 saturated carbocycles. The number of nitrogens with one attached hydrogen (secondary N) is 1. The van der Waals surface area contributed by atoms with Gasteiger partial charge in [-0.25, -0.2) is 19.6 Å². The molecule has 0 spiro atoms. The molecule has 0 bridgehead atoms. The standard InChI is InChI=1S/C37H36N10O2/c38-34-29(2-1-16-40-34)35-42-31-9-10-32(46-21-15-33(44-46)49-27-11-17-39-18-12-27)43-36(31)47(35)26-6-7-28-24(22-26)5-8-30(28)41-25-13-19-45(20-14-25)37(48)23-3-4-23/h1-2,6-7,9-12,15-18,21-23,25,30,41H,3-5,8,13-14,19-20H2,(H2,38,40)/t30-/m0/s1. The SMILES string of the molecule is Nc1ncccc1-c1nc2ccc(-n3ccc(Oc4ccncc4)n3)nc2n1-c1ccc2c(c1)CC[C@@H]2NC1CCN(C(=O)C2CC2)CC1. The number of piperidine rings is 1. The molecule has 12 heteroatoms. The third-order valence-corrected chi connectivity index (χ3v) is 9.87. The number of benzene rings is 1. The second kappa shape index (κ2) is 12.1. The van der Waals surface area contributed by atoms with Crippen LogP contribution in [-0.4, -0.2) is 64.2 Å². The van der Waals surface area contributed by atoms with Gasteiger partial charge in [-0.2, -0.15) is 0 Å². The molecule has 1 aliphatic heterocycles. The monoisotopic (exact) mass is 652 g/mol. The Morgan fingerprint density at radius 1 is 0.918 bits per heavy atom. The van der Waals surface area contributed by atoms with E-state index in [4.69, 9.17) is 20.4 Å². The fourth-order valence-corrected chi connectivity index (χ4v) is 7.18. The number of amides is 1. The van der Waals surface area contributed by atoms with Gasteiger partial charge >= 0.3 is 0 Å². The number of hydrogen-bond donors (Lipinski definition) is 2. The molecule has 1 aromatic carbocycles. The maximum Gasteiger partial charge on any atom is 0.238 e. The van der Waals surface area contributed by atoms with Crippen molar-refractivity contribution in [2.24, 2.45) is 5.92 Å². The number of pyridine rings is 3. The summed E-state index contributed by atoms with van der Waals surface area (Å²) in [4.78, 5) is 33.1. The number of nitrogens with two attached hydrogens (primary N) is 1. The molecule has 2 fully saturated rings. The number of nitrogens with zero attached hydrogens (tertiary/aromatic N) is 8. The number of rotatable bonds is 8. The molecule has 6 heterocycles. The first-order valence-electron chi connectivity index (χ1n) is 17.0. The van der Waals surface area contributed by atoms with Gasteiger partial charge in [-0.05, 0) is 98.2 Å². The molecule has 49 heavy (non-hydrogen) atoms. The molecule has 1 atom stereocenters. The van der Waals surface area contributed by atoms with Gasteiger partial charge in [-0.1, -0.05) is 6.07 Å². The number of hydrogen-bond acceptors (Lipinski definition) is 9. The third kappa shape index (κ3) is 5.67. The number of imidazole rings is 1. The summed E-state index contributed by atoms with van der Waals surface area (Å²) in [5.74, 6) is 3.46. The highest BCUT2D eigenvalue weighted by Gasteiger charge is 2.35. The van der Waals surface area contributed by atoms with Crippen molar-refractivity contribution < 1.29 is 9.53 Å². The summed E-state index contributed by atoms with van der Waals surface area (Å²) in [5, 5.41) is 8.55. The number of anilines is 1. The summed E-state index contributed by atoms with van der Waals surface area (Å²) < 4.78 is 9.66. The zero-order valence-electron chi connectivity index (χ0n) is 26.9. The van der Waals surface area contributed by atoms with E-state index in [9.17, 15) is 4.79 Å². The number of carbonyl (C=O) groups is 1. The molecule has 6 aromatic rings. The van der Waals surface area contributed by atoms with E-state index in [1.165, 1.54) is 11.1 Å². The van der Waals surface area contributed by atoms with Gasteiger partial charge in [0.1, 0.15) is 17.1 Å². The van der Waals surface area contributed by atoms with E-state index in [0.717, 1.165) is 68.4 Å². The quantitative estimate of drug-likeness (QED) is 0.221. The maximum absolute atomic E-state index is 12.5. The van der Waals surface area contributed by atoms with Crippen LogP contribution < -0.4 is 15.8 Å². The van der Waals surface area contributed by atoms with Crippen molar-refractivity contribution in [1.29, 1.82) is 0 Å². The summed E-state index contributed by atoms with van der Waals surface area (Å²) in [5.41, 5.74) is 12.2. The van der Waals surface area contributed by atoms with Crippen molar-refractivity contribution in [3.63, 3.8) is 0 Å². The largest absolute Gasteiger partial charge is 0.437 e. The first-order chi connectivity index (χ1) is 24.1. The minimum Gasteiger partial charge on any atom is -0.437 e. The molecule has 246 valence electrons. The van der Waals surface area contributed by atoms with Crippen LogP contribution in [-0.2, 0) is 11.2 Å². The zero-order valence-corrected chi connectivity index (χ0v) is 26.9. The zero-order chi connectivity index (χ0) is 32.9. The van der Waals surface area contributed by atoms with Crippen molar-refractivity contribution >= 4 is 22.9 Å². The van der Waals surface area contributed by atoms with Gasteiger partial charge in [0, 0.05) is 67.6 Å². The lowest BCUT2D eigenvalue weighted by Crippen LogP contribution is -2.46. The van der Waals surface area contributed by atoms with Gasteiger partial charge in [0.2, 0.25) is 11.8 Å². The summed E-state index contributed by atoms with van der Waals surface area (Å²) in [6.45, 7) is 1.71. The Bertz CT molecular complexity index is 2170.